The van der Waals surface area contributed by atoms with Gasteiger partial charge >= 0.3 is 0 Å². The quantitative estimate of drug-likeness (QED) is 0.822. The molecule has 2 atom stereocenters. The first-order chi connectivity index (χ1) is 8.72. The third-order valence-corrected chi connectivity index (χ3v) is 3.31. The molecule has 18 heavy (non-hydrogen) atoms. The summed E-state index contributed by atoms with van der Waals surface area (Å²) in [5, 5.41) is 9.04. The average Bonchev–Trinajstić information content (AvgIpc) is 2.39. The van der Waals surface area contributed by atoms with Gasteiger partial charge in [0.25, 0.3) is 0 Å². The molecule has 0 saturated heterocycles. The molecule has 0 N–H and O–H groups in total. The van der Waals surface area contributed by atoms with Gasteiger partial charge in [0.05, 0.1) is 6.10 Å². The van der Waals surface area contributed by atoms with Crippen LogP contribution in [-0.2, 0) is 4.74 Å². The molecule has 0 spiro atoms. The molecular formula is C14H18N2O2. The second-order valence-electron chi connectivity index (χ2n) is 4.68. The normalized spacial score (nSPS) is 23.4. The zero-order chi connectivity index (χ0) is 13.0. The van der Waals surface area contributed by atoms with Gasteiger partial charge in [-0.05, 0) is 38.3 Å². The van der Waals surface area contributed by atoms with E-state index in [1.54, 1.807) is 13.2 Å². The maximum absolute atomic E-state index is 9.04. The van der Waals surface area contributed by atoms with Gasteiger partial charge in [-0.15, -0.1) is 0 Å². The molecule has 0 radical (unpaired) electrons. The molecule has 1 aliphatic rings. The minimum atomic E-state index is 0.102. The van der Waals surface area contributed by atoms with Gasteiger partial charge < -0.3 is 9.47 Å². The van der Waals surface area contributed by atoms with Gasteiger partial charge in [-0.2, -0.15) is 5.26 Å². The first kappa shape index (κ1) is 12.8. The Labute approximate surface area is 108 Å². The number of rotatable bonds is 3. The van der Waals surface area contributed by atoms with E-state index in [2.05, 4.69) is 11.1 Å². The van der Waals surface area contributed by atoms with E-state index in [9.17, 15) is 0 Å². The number of nitrogens with zero attached hydrogens (tertiary/aromatic N) is 2. The highest BCUT2D eigenvalue weighted by molar-refractivity contribution is 5.38. The molecule has 96 valence electrons. The second-order valence-corrected chi connectivity index (χ2v) is 4.68. The lowest BCUT2D eigenvalue weighted by molar-refractivity contribution is 0.0194. The van der Waals surface area contributed by atoms with Gasteiger partial charge in [0.1, 0.15) is 17.7 Å². The van der Waals surface area contributed by atoms with Crippen LogP contribution in [0.4, 0.5) is 0 Å². The number of nitriles is 1. The van der Waals surface area contributed by atoms with Crippen molar-refractivity contribution in [3.05, 3.63) is 23.4 Å². The fraction of sp³-hybridized carbons (Fsp3) is 0.571. The van der Waals surface area contributed by atoms with Gasteiger partial charge in [0, 0.05) is 19.2 Å². The second kappa shape index (κ2) is 5.83. The van der Waals surface area contributed by atoms with Gasteiger partial charge in [-0.25, -0.2) is 4.98 Å². The van der Waals surface area contributed by atoms with Crippen molar-refractivity contribution in [1.29, 1.82) is 5.26 Å². The molecule has 0 bridgehead atoms. The Hall–Kier alpha value is -1.60. The Balaban J connectivity index is 2.09. The summed E-state index contributed by atoms with van der Waals surface area (Å²) in [6.45, 7) is 1.90. The molecule has 0 amide bonds. The predicted molar refractivity (Wildman–Crippen MR) is 67.4 cm³/mol. The highest BCUT2D eigenvalue weighted by Crippen LogP contribution is 2.26. The molecule has 1 fully saturated rings. The molecule has 2 rings (SSSR count). The molecule has 1 aromatic rings. The van der Waals surface area contributed by atoms with E-state index in [1.165, 1.54) is 0 Å². The zero-order valence-corrected chi connectivity index (χ0v) is 10.8. The fourth-order valence-corrected chi connectivity index (χ4v) is 2.29. The standard InChI is InChI=1S/C14H18N2O2/c1-10-6-7-11(9-15)14(16-10)18-13-5-3-4-12(8-13)17-2/h6-7,12-13H,3-5,8H2,1-2H3. The van der Waals surface area contributed by atoms with Crippen LogP contribution < -0.4 is 4.74 Å². The van der Waals surface area contributed by atoms with Crippen LogP contribution in [0.5, 0.6) is 5.88 Å². The van der Waals surface area contributed by atoms with E-state index in [-0.39, 0.29) is 12.2 Å². The number of aromatic nitrogens is 1. The lowest BCUT2D eigenvalue weighted by Crippen LogP contribution is -2.30. The Morgan fingerprint density at radius 3 is 2.83 bits per heavy atom. The molecule has 4 heteroatoms. The largest absolute Gasteiger partial charge is 0.473 e. The summed E-state index contributed by atoms with van der Waals surface area (Å²) in [6.07, 6.45) is 4.42. The average molecular weight is 246 g/mol. The summed E-state index contributed by atoms with van der Waals surface area (Å²) in [5.74, 6) is 0.458. The maximum atomic E-state index is 9.04. The van der Waals surface area contributed by atoms with E-state index in [0.717, 1.165) is 31.4 Å². The molecular weight excluding hydrogens is 228 g/mol. The van der Waals surface area contributed by atoms with E-state index < -0.39 is 0 Å². The smallest absolute Gasteiger partial charge is 0.232 e. The molecule has 0 aliphatic heterocycles. The van der Waals surface area contributed by atoms with Crippen LogP contribution in [0.15, 0.2) is 12.1 Å². The molecule has 1 saturated carbocycles. The van der Waals surface area contributed by atoms with Crippen molar-refractivity contribution >= 4 is 0 Å². The molecule has 4 nitrogen and oxygen atoms in total. The van der Waals surface area contributed by atoms with Crippen LogP contribution in [0.25, 0.3) is 0 Å². The van der Waals surface area contributed by atoms with E-state index >= 15 is 0 Å². The Kier molecular flexibility index (Phi) is 4.16. The topological polar surface area (TPSA) is 55.1 Å². The zero-order valence-electron chi connectivity index (χ0n) is 10.8. The highest BCUT2D eigenvalue weighted by atomic mass is 16.5. The van der Waals surface area contributed by atoms with E-state index in [4.69, 9.17) is 14.7 Å². The molecule has 1 aliphatic carbocycles. The molecule has 2 unspecified atom stereocenters. The molecule has 1 aromatic heterocycles. The fourth-order valence-electron chi connectivity index (χ4n) is 2.29. The first-order valence-corrected chi connectivity index (χ1v) is 6.30. The lowest BCUT2D eigenvalue weighted by atomic mass is 9.95. The van der Waals surface area contributed by atoms with Crippen LogP contribution in [0.3, 0.4) is 0 Å². The van der Waals surface area contributed by atoms with E-state index in [0.29, 0.717) is 11.4 Å². The number of methoxy groups -OCH3 is 1. The van der Waals surface area contributed by atoms with Crippen LogP contribution in [0.2, 0.25) is 0 Å². The summed E-state index contributed by atoms with van der Waals surface area (Å²) in [7, 11) is 1.73. The minimum absolute atomic E-state index is 0.102. The molecule has 0 aromatic carbocycles. The van der Waals surface area contributed by atoms with Gasteiger partial charge in [-0.1, -0.05) is 0 Å². The van der Waals surface area contributed by atoms with Gasteiger partial charge in [0.15, 0.2) is 0 Å². The summed E-state index contributed by atoms with van der Waals surface area (Å²) >= 11 is 0. The van der Waals surface area contributed by atoms with Crippen LogP contribution in [0, 0.1) is 18.3 Å². The van der Waals surface area contributed by atoms with Crippen molar-refractivity contribution < 1.29 is 9.47 Å². The number of ether oxygens (including phenoxy) is 2. The van der Waals surface area contributed by atoms with Crippen molar-refractivity contribution in [2.24, 2.45) is 0 Å². The van der Waals surface area contributed by atoms with E-state index in [1.807, 2.05) is 13.0 Å². The number of aryl methyl sites for hydroxylation is 1. The monoisotopic (exact) mass is 246 g/mol. The predicted octanol–water partition coefficient (Wildman–Crippen LogP) is 2.60. The highest BCUT2D eigenvalue weighted by Gasteiger charge is 2.24. The number of pyridine rings is 1. The summed E-state index contributed by atoms with van der Waals surface area (Å²) in [4.78, 5) is 4.30. The van der Waals surface area contributed by atoms with Crippen molar-refractivity contribution in [2.45, 2.75) is 44.8 Å². The van der Waals surface area contributed by atoms with Crippen molar-refractivity contribution in [3.63, 3.8) is 0 Å². The van der Waals surface area contributed by atoms with Gasteiger partial charge in [-0.3, -0.25) is 0 Å². The lowest BCUT2D eigenvalue weighted by Gasteiger charge is -2.28. The van der Waals surface area contributed by atoms with Crippen LogP contribution in [-0.4, -0.2) is 24.3 Å². The minimum Gasteiger partial charge on any atom is -0.473 e. The third-order valence-electron chi connectivity index (χ3n) is 3.31. The summed E-state index contributed by atoms with van der Waals surface area (Å²) in [6, 6.07) is 5.70. The Morgan fingerprint density at radius 2 is 2.11 bits per heavy atom. The van der Waals surface area contributed by atoms with Crippen molar-refractivity contribution in [1.82, 2.24) is 4.98 Å². The third kappa shape index (κ3) is 2.99. The molecule has 1 heterocycles. The number of hydrogen-bond donors (Lipinski definition) is 0. The maximum Gasteiger partial charge on any atom is 0.232 e. The number of hydrogen-bond acceptors (Lipinski definition) is 4. The summed E-state index contributed by atoms with van der Waals surface area (Å²) in [5.41, 5.74) is 1.36. The first-order valence-electron chi connectivity index (χ1n) is 6.30. The van der Waals surface area contributed by atoms with Gasteiger partial charge in [0.2, 0.25) is 5.88 Å². The van der Waals surface area contributed by atoms with Crippen LogP contribution >= 0.6 is 0 Å². The summed E-state index contributed by atoms with van der Waals surface area (Å²) < 4.78 is 11.3. The van der Waals surface area contributed by atoms with Crippen molar-refractivity contribution in [3.8, 4) is 11.9 Å². The Morgan fingerprint density at radius 1 is 1.33 bits per heavy atom. The SMILES string of the molecule is COC1CCCC(Oc2nc(C)ccc2C#N)C1. The Bertz CT molecular complexity index is 454. The van der Waals surface area contributed by atoms with Crippen LogP contribution in [0.1, 0.15) is 36.9 Å². The van der Waals surface area contributed by atoms with Crippen molar-refractivity contribution in [2.75, 3.05) is 7.11 Å².